The van der Waals surface area contributed by atoms with Crippen LogP contribution in [0.5, 0.6) is 0 Å². The molecule has 4 heterocycles. The van der Waals surface area contributed by atoms with Crippen LogP contribution in [0.4, 0.5) is 4.79 Å². The van der Waals surface area contributed by atoms with Crippen molar-refractivity contribution < 1.29 is 67.0 Å². The maximum absolute atomic E-state index is 14.3. The lowest BCUT2D eigenvalue weighted by atomic mass is 9.98. The van der Waals surface area contributed by atoms with Gasteiger partial charge in [0.2, 0.25) is 53.2 Å². The van der Waals surface area contributed by atoms with Crippen LogP contribution in [0.3, 0.4) is 0 Å². The highest BCUT2D eigenvalue weighted by molar-refractivity contribution is 6.00. The van der Waals surface area contributed by atoms with E-state index in [1.807, 2.05) is 21.1 Å². The molecule has 0 aromatic carbocycles. The highest BCUT2D eigenvalue weighted by Crippen LogP contribution is 2.34. The fourth-order valence-corrected chi connectivity index (χ4v) is 11.6. The number of unbranched alkanes of at least 4 members (excludes halogenated alkanes) is 7. The number of nitrogens with two attached hydrogens (primary N) is 1. The average Bonchev–Trinajstić information content (AvgIpc) is 1.60. The first-order chi connectivity index (χ1) is 44.8. The summed E-state index contributed by atoms with van der Waals surface area (Å²) in [4.78, 5) is 145. The normalized spacial score (nSPS) is 18.6. The highest BCUT2D eigenvalue weighted by Gasteiger charge is 2.54. The van der Waals surface area contributed by atoms with E-state index in [1.54, 1.807) is 25.9 Å². The van der Waals surface area contributed by atoms with Crippen molar-refractivity contribution in [2.45, 2.75) is 212 Å². The van der Waals surface area contributed by atoms with E-state index in [-0.39, 0.29) is 160 Å². The number of rotatable bonds is 49. The Kier molecular flexibility index (Phi) is 49.5. The van der Waals surface area contributed by atoms with Crippen LogP contribution in [0, 0.1) is 0 Å². The van der Waals surface area contributed by atoms with Gasteiger partial charge in [-0.1, -0.05) is 54.9 Å². The fourth-order valence-electron chi connectivity index (χ4n) is 11.6. The molecule has 0 spiro atoms. The monoisotopic (exact) mass is 1370 g/mol. The Labute approximate surface area is 573 Å². The van der Waals surface area contributed by atoms with Gasteiger partial charge in [-0.25, -0.2) is 4.79 Å². The molecular weight excluding hydrogens is 1240 g/mol. The summed E-state index contributed by atoms with van der Waals surface area (Å²) in [5, 5.41) is 35.3. The average molecular weight is 1370 g/mol. The Bertz CT molecular complexity index is 2190. The predicted octanol–water partition coefficient (Wildman–Crippen LogP) is 0.0552. The van der Waals surface area contributed by atoms with E-state index < -0.39 is 53.6 Å². The Hall–Kier alpha value is -6.15. The molecule has 6 atom stereocenters. The summed E-state index contributed by atoms with van der Waals surface area (Å²) in [6, 6.07) is -4.05. The molecule has 0 bridgehead atoms. The summed E-state index contributed by atoms with van der Waals surface area (Å²) in [5.74, 6) is -2.13. The molecule has 0 radical (unpaired) electrons. The number of carbonyl (C=O) groups excluding carboxylic acids is 11. The lowest BCUT2D eigenvalue weighted by molar-refractivity contribution is -0.140. The summed E-state index contributed by atoms with van der Waals surface area (Å²) in [5.41, 5.74) is 4.13. The van der Waals surface area contributed by atoms with E-state index >= 15 is 0 Å². The lowest BCUT2D eigenvalue weighted by Crippen LogP contribution is -2.58. The standard InChI is InChI=1S/C37H65N9O6.C26H51N7O8.3CH4/c1-38-17-11-5-4-8-14-32(47)41-26-20-29-35(50)30-21-27(42-33(48)15-9-6-12-18-39-2)24-45(30)37(52)46-25-28(22-31(46)36(51)44(29)23-26)43-34(49)16-10-7-13-19-40-3;1-4-22(35)30-10-5-13-39-18-26(33-23(36)9-8-21(27)34,19-40-14-6-11-31-24(37)16-28-2)20-41-15-7-12-32-25(38)17-29-3;;;/h26-31,38-40H,4-25H2,1-3H3,(H,41,47)(H,42,48)(H,43,49);28-29H,4-20H2,1-3H3,(H2,27,34)(H,30,35)(H,31,37)(H,32,38)(H,33,36);3*1H4/t26?,27?,28?,29-,30?,31-;;;;/m0..../s1. The van der Waals surface area contributed by atoms with Gasteiger partial charge in [-0.05, 0) is 132 Å². The molecule has 556 valence electrons. The Morgan fingerprint density at radius 1 is 0.427 bits per heavy atom. The van der Waals surface area contributed by atoms with Gasteiger partial charge in [0.05, 0.1) is 45.0 Å². The smallest absolute Gasteiger partial charge is 0.321 e. The van der Waals surface area contributed by atoms with Gasteiger partial charge in [-0.2, -0.15) is 0 Å². The zero-order valence-corrected chi connectivity index (χ0v) is 56.7. The Balaban J connectivity index is 0.00000188. The highest BCUT2D eigenvalue weighted by atomic mass is 16.5. The Morgan fingerprint density at radius 2 is 0.792 bits per heavy atom. The number of carbonyl (C=O) groups is 11. The van der Waals surface area contributed by atoms with Gasteiger partial charge >= 0.3 is 6.03 Å². The molecule has 30 heteroatoms. The van der Waals surface area contributed by atoms with Crippen LogP contribution in [-0.4, -0.2) is 268 Å². The van der Waals surface area contributed by atoms with Gasteiger partial charge in [0.15, 0.2) is 5.78 Å². The molecule has 4 saturated heterocycles. The van der Waals surface area contributed by atoms with Crippen LogP contribution >= 0.6 is 0 Å². The first kappa shape index (κ1) is 89.8. The number of primary amides is 1. The van der Waals surface area contributed by atoms with Crippen molar-refractivity contribution in [2.75, 3.05) is 147 Å². The number of likely N-dealkylation sites (N-methyl/N-ethyl adjacent to an activating group) is 2. The third-order valence-electron chi connectivity index (χ3n) is 16.5. The van der Waals surface area contributed by atoms with Crippen molar-refractivity contribution in [2.24, 2.45) is 5.73 Å². The van der Waals surface area contributed by atoms with Gasteiger partial charge < -0.3 is 98.4 Å². The number of nitrogens with zero attached hydrogens (tertiary/aromatic N) is 3. The summed E-state index contributed by atoms with van der Waals surface area (Å²) in [6.07, 6.45) is 12.9. The second kappa shape index (κ2) is 52.9. The third kappa shape index (κ3) is 35.9. The van der Waals surface area contributed by atoms with Crippen LogP contribution in [0.15, 0.2) is 0 Å². The van der Waals surface area contributed by atoms with Gasteiger partial charge in [-0.15, -0.1) is 0 Å². The summed E-state index contributed by atoms with van der Waals surface area (Å²) in [7, 11) is 9.10. The second-order valence-electron chi connectivity index (χ2n) is 24.6. The first-order valence-electron chi connectivity index (χ1n) is 34.0. The molecule has 4 unspecified atom stereocenters. The van der Waals surface area contributed by atoms with Crippen LogP contribution in [0.1, 0.15) is 170 Å². The van der Waals surface area contributed by atoms with Crippen molar-refractivity contribution in [3.8, 4) is 0 Å². The van der Waals surface area contributed by atoms with Gasteiger partial charge in [0.1, 0.15) is 11.6 Å². The van der Waals surface area contributed by atoms with E-state index in [1.165, 1.54) is 9.80 Å². The molecule has 0 aromatic heterocycles. The molecule has 14 N–H and O–H groups in total. The zero-order chi connectivity index (χ0) is 68.2. The predicted molar refractivity (Wildman–Crippen MR) is 371 cm³/mol. The van der Waals surface area contributed by atoms with Crippen molar-refractivity contribution >= 4 is 65.0 Å². The van der Waals surface area contributed by atoms with Crippen molar-refractivity contribution in [1.29, 1.82) is 0 Å². The molecule has 4 rings (SSSR count). The number of Topliss-reactive ketones (excluding diaryl/α,β-unsaturated/α-hetero) is 1. The number of amides is 11. The Morgan fingerprint density at radius 3 is 1.19 bits per heavy atom. The number of nitrogens with one attached hydrogen (secondary N) is 12. The number of fused-ring (bicyclic) bond motifs is 3. The number of hydrogen-bond acceptors (Lipinski definition) is 19. The molecule has 0 aliphatic carbocycles. The maximum atomic E-state index is 14.3. The van der Waals surface area contributed by atoms with Crippen LogP contribution in [0.2, 0.25) is 0 Å². The number of ether oxygens (including phenoxy) is 3. The maximum Gasteiger partial charge on any atom is 0.321 e. The van der Waals surface area contributed by atoms with Crippen LogP contribution < -0.4 is 69.5 Å². The van der Waals surface area contributed by atoms with Gasteiger partial charge in [-0.3, -0.25) is 47.9 Å². The largest absolute Gasteiger partial charge is 0.379 e. The van der Waals surface area contributed by atoms with E-state index in [0.717, 1.165) is 83.8 Å². The van der Waals surface area contributed by atoms with E-state index in [9.17, 15) is 52.7 Å². The topological polar surface area (TPSA) is 396 Å². The van der Waals surface area contributed by atoms with Gasteiger partial charge in [0, 0.05) is 116 Å². The van der Waals surface area contributed by atoms with E-state index in [0.29, 0.717) is 84.4 Å². The molecule has 96 heavy (non-hydrogen) atoms. The molecule has 30 nitrogen and oxygen atoms in total. The van der Waals surface area contributed by atoms with Gasteiger partial charge in [0.25, 0.3) is 0 Å². The molecule has 0 saturated carbocycles. The number of hydrogen-bond donors (Lipinski definition) is 13. The number of urea groups is 1. The summed E-state index contributed by atoms with van der Waals surface area (Å²) >= 11 is 0. The van der Waals surface area contributed by atoms with Crippen LogP contribution in [-0.2, 0) is 62.2 Å². The van der Waals surface area contributed by atoms with Crippen LogP contribution in [0.25, 0.3) is 0 Å². The summed E-state index contributed by atoms with van der Waals surface area (Å²) in [6.45, 7) is 7.84. The minimum Gasteiger partial charge on any atom is -0.379 e. The zero-order valence-electron chi connectivity index (χ0n) is 56.7. The number of ketones is 1. The molecule has 11 amide bonds. The SMILES string of the molecule is C.C.C.CCC(=O)NCCCOCC(COCCCNC(=O)CNC)(COCCCNC(=O)CNC)NC(=O)CCC(N)=O.CNCCCCCCC(=O)NC1C[C@H]2C(=O)C3CC(NC(=O)CCCCCNC)CN3C(=O)N3CC(NC(=O)CCCCCNC)C[C@H]3C(=O)N2C1. The minimum atomic E-state index is -1.08. The second-order valence-corrected chi connectivity index (χ2v) is 24.6. The molecule has 4 fully saturated rings. The molecule has 4 aliphatic heterocycles. The van der Waals surface area contributed by atoms with E-state index in [2.05, 4.69) is 63.8 Å². The van der Waals surface area contributed by atoms with Crippen molar-refractivity contribution in [3.63, 3.8) is 0 Å². The first-order valence-corrected chi connectivity index (χ1v) is 34.0. The third-order valence-corrected chi connectivity index (χ3v) is 16.5. The summed E-state index contributed by atoms with van der Waals surface area (Å²) < 4.78 is 17.6. The molecule has 0 aromatic rings. The van der Waals surface area contributed by atoms with Crippen molar-refractivity contribution in [3.05, 3.63) is 0 Å². The quantitative estimate of drug-likeness (QED) is 0.0358. The lowest BCUT2D eigenvalue weighted by Gasteiger charge is -2.34. The van der Waals surface area contributed by atoms with E-state index in [4.69, 9.17) is 19.9 Å². The fraction of sp³-hybridized carbons (Fsp3) is 0.833. The minimum absolute atomic E-state index is 0. The molecular formula is C66H128N16O14. The van der Waals surface area contributed by atoms with Crippen molar-refractivity contribution in [1.82, 2.24) is 78.5 Å². The molecule has 4 aliphatic rings.